The largest absolute Gasteiger partial charge is 0.359 e. The third-order valence-corrected chi connectivity index (χ3v) is 1.09. The average molecular weight is 189 g/mol. The van der Waals surface area contributed by atoms with Gasteiger partial charge >= 0.3 is 0 Å². The summed E-state index contributed by atoms with van der Waals surface area (Å²) >= 11 is 16.0. The highest BCUT2D eigenvalue weighted by molar-refractivity contribution is 6.56. The monoisotopic (exact) mass is 188 g/mol. The van der Waals surface area contributed by atoms with Crippen molar-refractivity contribution in [3.05, 3.63) is 10.6 Å². The van der Waals surface area contributed by atoms with Crippen molar-refractivity contribution in [2.24, 2.45) is 0 Å². The molecule has 0 fully saturated rings. The lowest BCUT2D eigenvalue weighted by Gasteiger charge is -2.01. The number of hydrogen-bond acceptors (Lipinski definition) is 1. The van der Waals surface area contributed by atoms with Gasteiger partial charge in [0.15, 0.2) is 5.56 Å². The second kappa shape index (κ2) is 5.36. The van der Waals surface area contributed by atoms with E-state index in [0.717, 1.165) is 0 Å². The fraction of sp³-hybridized carbons (Fsp3) is 0.600. The molecule has 0 heterocycles. The molecular weight excluding hydrogens is 182 g/mol. The first-order chi connectivity index (χ1) is 4.16. The average Bonchev–Trinajstić information content (AvgIpc) is 1.63. The Morgan fingerprint density at radius 1 is 1.67 bits per heavy atom. The minimum atomic E-state index is -0.514. The third-order valence-electron chi connectivity index (χ3n) is 0.583. The van der Waals surface area contributed by atoms with Gasteiger partial charge in [0.05, 0.1) is 0 Å². The molecule has 0 aromatic carbocycles. The maximum Gasteiger partial charge on any atom is 0.152 e. The number of ether oxygens (including phenoxy) is 1. The molecule has 0 rings (SSSR count). The van der Waals surface area contributed by atoms with Crippen LogP contribution in [0.1, 0.15) is 6.92 Å². The molecule has 1 nitrogen and oxygen atoms in total. The van der Waals surface area contributed by atoms with Gasteiger partial charge in [0, 0.05) is 6.61 Å². The fourth-order valence-electron chi connectivity index (χ4n) is 0.306. The van der Waals surface area contributed by atoms with Gasteiger partial charge in [0.25, 0.3) is 0 Å². The molecule has 0 aliphatic rings. The smallest absolute Gasteiger partial charge is 0.152 e. The van der Waals surface area contributed by atoms with Crippen molar-refractivity contribution in [2.45, 2.75) is 12.5 Å². The van der Waals surface area contributed by atoms with Crippen LogP contribution in [-0.2, 0) is 4.74 Å². The van der Waals surface area contributed by atoms with Gasteiger partial charge in [-0.3, -0.25) is 0 Å². The molecule has 4 heteroatoms. The summed E-state index contributed by atoms with van der Waals surface area (Å²) in [5.41, 5.74) is -0.514. The van der Waals surface area contributed by atoms with Gasteiger partial charge in [-0.15, -0.1) is 0 Å². The van der Waals surface area contributed by atoms with Crippen molar-refractivity contribution < 1.29 is 4.74 Å². The molecule has 0 aromatic heterocycles. The van der Waals surface area contributed by atoms with E-state index in [1.807, 2.05) is 6.92 Å². The first-order valence-electron chi connectivity index (χ1n) is 2.45. The Labute approximate surface area is 69.5 Å². The Bertz CT molecular complexity index is 98.4. The topological polar surface area (TPSA) is 9.23 Å². The Morgan fingerprint density at radius 2 is 2.22 bits per heavy atom. The van der Waals surface area contributed by atoms with Gasteiger partial charge < -0.3 is 4.74 Å². The van der Waals surface area contributed by atoms with Crippen LogP contribution in [0, 0.1) is 0 Å². The van der Waals surface area contributed by atoms with Gasteiger partial charge in [-0.1, -0.05) is 34.8 Å². The molecule has 9 heavy (non-hydrogen) atoms. The fourth-order valence-corrected chi connectivity index (χ4v) is 0.916. The Hall–Kier alpha value is 0.570. The van der Waals surface area contributed by atoms with E-state index in [1.165, 1.54) is 6.08 Å². The zero-order valence-corrected chi connectivity index (χ0v) is 7.17. The highest BCUT2D eigenvalue weighted by atomic mass is 35.5. The molecule has 0 radical (unpaired) electrons. The third kappa shape index (κ3) is 6.46. The van der Waals surface area contributed by atoms with Crippen LogP contribution in [-0.4, -0.2) is 12.2 Å². The Kier molecular flexibility index (Phi) is 5.70. The van der Waals surface area contributed by atoms with Crippen LogP contribution in [0.5, 0.6) is 0 Å². The van der Waals surface area contributed by atoms with E-state index in [0.29, 0.717) is 6.61 Å². The summed E-state index contributed by atoms with van der Waals surface area (Å²) in [6.45, 7) is 2.39. The second-order valence-electron chi connectivity index (χ2n) is 1.26. The van der Waals surface area contributed by atoms with Gasteiger partial charge in [0.2, 0.25) is 0 Å². The summed E-state index contributed by atoms with van der Waals surface area (Å²) in [6, 6.07) is 0. The van der Waals surface area contributed by atoms with Crippen molar-refractivity contribution in [1.29, 1.82) is 0 Å². The first kappa shape index (κ1) is 9.57. The molecule has 0 aromatic rings. The predicted octanol–water partition coefficient (Wildman–Crippen LogP) is 2.91. The molecule has 54 valence electrons. The van der Waals surface area contributed by atoms with Crippen molar-refractivity contribution in [3.8, 4) is 0 Å². The van der Waals surface area contributed by atoms with Crippen molar-refractivity contribution in [3.63, 3.8) is 0 Å². The molecule has 0 aliphatic carbocycles. The van der Waals surface area contributed by atoms with Crippen LogP contribution >= 0.6 is 34.8 Å². The number of rotatable bonds is 3. The highest BCUT2D eigenvalue weighted by Crippen LogP contribution is 2.11. The molecular formula is C5H7Cl3O. The normalized spacial score (nSPS) is 12.9. The van der Waals surface area contributed by atoms with Crippen LogP contribution in [0.3, 0.4) is 0 Å². The highest BCUT2D eigenvalue weighted by Gasteiger charge is 1.97. The molecule has 1 atom stereocenters. The van der Waals surface area contributed by atoms with Crippen molar-refractivity contribution in [1.82, 2.24) is 0 Å². The molecule has 0 spiro atoms. The molecule has 1 unspecified atom stereocenters. The van der Waals surface area contributed by atoms with E-state index in [1.54, 1.807) is 0 Å². The Morgan fingerprint density at radius 3 is 2.56 bits per heavy atom. The maximum atomic E-state index is 5.51. The zero-order valence-electron chi connectivity index (χ0n) is 4.90. The molecule has 0 aliphatic heterocycles. The van der Waals surface area contributed by atoms with E-state index in [9.17, 15) is 0 Å². The molecule has 0 N–H and O–H groups in total. The van der Waals surface area contributed by atoms with E-state index < -0.39 is 5.56 Å². The SMILES string of the molecule is CCOC(Cl)C=C(Cl)Cl. The van der Waals surface area contributed by atoms with Crippen molar-refractivity contribution >= 4 is 34.8 Å². The van der Waals surface area contributed by atoms with E-state index in [4.69, 9.17) is 39.5 Å². The van der Waals surface area contributed by atoms with Crippen LogP contribution in [0.4, 0.5) is 0 Å². The lowest BCUT2D eigenvalue weighted by molar-refractivity contribution is 0.149. The van der Waals surface area contributed by atoms with E-state index in [-0.39, 0.29) is 4.49 Å². The lowest BCUT2D eigenvalue weighted by atomic mass is 10.7. The summed E-state index contributed by atoms with van der Waals surface area (Å²) in [5.74, 6) is 0. The molecule has 0 amide bonds. The number of hydrogen-bond donors (Lipinski definition) is 0. The minimum Gasteiger partial charge on any atom is -0.359 e. The standard InChI is InChI=1S/C5H7Cl3O/c1-2-9-5(8)3-4(6)7/h3,5H,2H2,1H3. The number of halogens is 3. The molecule has 0 saturated heterocycles. The van der Waals surface area contributed by atoms with E-state index >= 15 is 0 Å². The lowest BCUT2D eigenvalue weighted by Crippen LogP contribution is -1.99. The Balaban J connectivity index is 3.49. The summed E-state index contributed by atoms with van der Waals surface area (Å²) in [6.07, 6.45) is 1.41. The summed E-state index contributed by atoms with van der Waals surface area (Å²) in [7, 11) is 0. The summed E-state index contributed by atoms with van der Waals surface area (Å²) in [5, 5.41) is 0. The van der Waals surface area contributed by atoms with Crippen LogP contribution in [0.2, 0.25) is 0 Å². The minimum absolute atomic E-state index is 0.128. The summed E-state index contributed by atoms with van der Waals surface area (Å²) < 4.78 is 5.00. The van der Waals surface area contributed by atoms with Gasteiger partial charge in [-0.05, 0) is 13.0 Å². The molecule has 0 bridgehead atoms. The van der Waals surface area contributed by atoms with Gasteiger partial charge in [0.1, 0.15) is 4.49 Å². The van der Waals surface area contributed by atoms with Gasteiger partial charge in [-0.2, -0.15) is 0 Å². The van der Waals surface area contributed by atoms with Gasteiger partial charge in [-0.25, -0.2) is 0 Å². The van der Waals surface area contributed by atoms with Crippen LogP contribution in [0.25, 0.3) is 0 Å². The molecule has 0 saturated carbocycles. The van der Waals surface area contributed by atoms with E-state index in [2.05, 4.69) is 0 Å². The van der Waals surface area contributed by atoms with Crippen molar-refractivity contribution in [2.75, 3.05) is 6.61 Å². The van der Waals surface area contributed by atoms with Crippen LogP contribution < -0.4 is 0 Å². The maximum absolute atomic E-state index is 5.51. The quantitative estimate of drug-likeness (QED) is 0.620. The second-order valence-corrected chi connectivity index (χ2v) is 2.70. The van der Waals surface area contributed by atoms with Crippen LogP contribution in [0.15, 0.2) is 10.6 Å². The number of alkyl halides is 1. The predicted molar refractivity (Wildman–Crippen MR) is 41.1 cm³/mol. The summed E-state index contributed by atoms with van der Waals surface area (Å²) in [4.78, 5) is 0. The zero-order chi connectivity index (χ0) is 7.28. The first-order valence-corrected chi connectivity index (χ1v) is 3.64.